The van der Waals surface area contributed by atoms with Gasteiger partial charge in [-0.1, -0.05) is 6.07 Å². The predicted octanol–water partition coefficient (Wildman–Crippen LogP) is 2.42. The molecular formula is C11H9ClFNO. The number of alkyl halides is 1. The number of halogens is 2. The van der Waals surface area contributed by atoms with E-state index in [2.05, 4.69) is 0 Å². The van der Waals surface area contributed by atoms with Gasteiger partial charge in [0.25, 0.3) is 0 Å². The van der Waals surface area contributed by atoms with Crippen LogP contribution in [0.2, 0.25) is 0 Å². The number of benzene rings is 1. The van der Waals surface area contributed by atoms with Gasteiger partial charge in [0, 0.05) is 24.2 Å². The van der Waals surface area contributed by atoms with Crippen molar-refractivity contribution < 1.29 is 4.39 Å². The van der Waals surface area contributed by atoms with Crippen molar-refractivity contribution in [3.8, 4) is 0 Å². The lowest BCUT2D eigenvalue weighted by molar-refractivity contribution is 0.630. The topological polar surface area (TPSA) is 22.0 Å². The summed E-state index contributed by atoms with van der Waals surface area (Å²) in [6.07, 6.45) is 1.57. The van der Waals surface area contributed by atoms with Gasteiger partial charge in [-0.2, -0.15) is 0 Å². The summed E-state index contributed by atoms with van der Waals surface area (Å²) in [7, 11) is 1.70. The van der Waals surface area contributed by atoms with Crippen LogP contribution in [0.25, 0.3) is 10.9 Å². The monoisotopic (exact) mass is 225 g/mol. The number of hydrogen-bond donors (Lipinski definition) is 0. The van der Waals surface area contributed by atoms with E-state index in [4.69, 9.17) is 11.6 Å². The standard InChI is InChI=1S/C11H9ClFNO/c1-14-6-7(5-12)11(15)8-3-2-4-9(13)10(8)14/h2-4,6H,5H2,1H3. The van der Waals surface area contributed by atoms with E-state index >= 15 is 0 Å². The van der Waals surface area contributed by atoms with Crippen molar-refractivity contribution in [2.45, 2.75) is 5.88 Å². The number of pyridine rings is 1. The highest BCUT2D eigenvalue weighted by Crippen LogP contribution is 2.15. The van der Waals surface area contributed by atoms with Crippen LogP contribution < -0.4 is 5.43 Å². The highest BCUT2D eigenvalue weighted by Gasteiger charge is 2.09. The van der Waals surface area contributed by atoms with Gasteiger partial charge in [0.1, 0.15) is 5.82 Å². The summed E-state index contributed by atoms with van der Waals surface area (Å²) in [6, 6.07) is 4.47. The maximum Gasteiger partial charge on any atom is 0.193 e. The molecule has 78 valence electrons. The van der Waals surface area contributed by atoms with Crippen LogP contribution in [0.15, 0.2) is 29.2 Å². The third kappa shape index (κ3) is 1.53. The first kappa shape index (κ1) is 10.2. The molecule has 0 fully saturated rings. The Kier molecular flexibility index (Phi) is 2.49. The smallest absolute Gasteiger partial charge is 0.193 e. The van der Waals surface area contributed by atoms with Gasteiger partial charge in [-0.15, -0.1) is 11.6 Å². The summed E-state index contributed by atoms with van der Waals surface area (Å²) in [6.45, 7) is 0. The Hall–Kier alpha value is -1.35. The highest BCUT2D eigenvalue weighted by molar-refractivity contribution is 6.17. The van der Waals surface area contributed by atoms with E-state index < -0.39 is 5.82 Å². The first-order valence-corrected chi connectivity index (χ1v) is 5.01. The lowest BCUT2D eigenvalue weighted by Crippen LogP contribution is -2.12. The van der Waals surface area contributed by atoms with Gasteiger partial charge in [0.2, 0.25) is 0 Å². The predicted molar refractivity (Wildman–Crippen MR) is 58.7 cm³/mol. The van der Waals surface area contributed by atoms with Gasteiger partial charge in [0.15, 0.2) is 5.43 Å². The molecule has 1 heterocycles. The van der Waals surface area contributed by atoms with Gasteiger partial charge in [0.05, 0.1) is 11.4 Å². The Balaban J connectivity index is 3.00. The molecule has 0 saturated carbocycles. The van der Waals surface area contributed by atoms with E-state index in [9.17, 15) is 9.18 Å². The summed E-state index contributed by atoms with van der Waals surface area (Å²) in [5.41, 5.74) is 0.603. The van der Waals surface area contributed by atoms with Gasteiger partial charge >= 0.3 is 0 Å². The maximum absolute atomic E-state index is 13.5. The Morgan fingerprint density at radius 2 is 2.20 bits per heavy atom. The molecule has 0 amide bonds. The van der Waals surface area contributed by atoms with Crippen LogP contribution >= 0.6 is 11.6 Å². The van der Waals surface area contributed by atoms with E-state index in [0.717, 1.165) is 0 Å². The molecule has 4 heteroatoms. The summed E-state index contributed by atoms with van der Waals surface area (Å²) < 4.78 is 15.1. The van der Waals surface area contributed by atoms with Crippen LogP contribution in [0.5, 0.6) is 0 Å². The van der Waals surface area contributed by atoms with Crippen molar-refractivity contribution in [1.29, 1.82) is 0 Å². The zero-order valence-electron chi connectivity index (χ0n) is 8.13. The van der Waals surface area contributed by atoms with E-state index in [1.807, 2.05) is 0 Å². The number of hydrogen-bond acceptors (Lipinski definition) is 1. The van der Waals surface area contributed by atoms with Crippen molar-refractivity contribution in [1.82, 2.24) is 4.57 Å². The Morgan fingerprint density at radius 1 is 1.47 bits per heavy atom. The van der Waals surface area contributed by atoms with Crippen molar-refractivity contribution in [3.63, 3.8) is 0 Å². The van der Waals surface area contributed by atoms with Crippen LogP contribution in [0.1, 0.15) is 5.56 Å². The van der Waals surface area contributed by atoms with E-state index in [1.54, 1.807) is 23.9 Å². The molecule has 0 unspecified atom stereocenters. The summed E-state index contributed by atoms with van der Waals surface area (Å²) in [4.78, 5) is 11.8. The molecule has 0 bridgehead atoms. The average molecular weight is 226 g/mol. The van der Waals surface area contributed by atoms with E-state index in [-0.39, 0.29) is 11.3 Å². The third-order valence-electron chi connectivity index (χ3n) is 2.37. The molecule has 0 spiro atoms. The first-order valence-electron chi connectivity index (χ1n) is 4.48. The van der Waals surface area contributed by atoms with Gasteiger partial charge in [-0.25, -0.2) is 4.39 Å². The van der Waals surface area contributed by atoms with Crippen molar-refractivity contribution >= 4 is 22.5 Å². The fraction of sp³-hybridized carbons (Fsp3) is 0.182. The lowest BCUT2D eigenvalue weighted by Gasteiger charge is -2.07. The highest BCUT2D eigenvalue weighted by atomic mass is 35.5. The van der Waals surface area contributed by atoms with Crippen molar-refractivity contribution in [2.75, 3.05) is 0 Å². The average Bonchev–Trinajstić information content (AvgIpc) is 2.23. The second kappa shape index (κ2) is 3.66. The minimum atomic E-state index is -0.395. The zero-order chi connectivity index (χ0) is 11.0. The summed E-state index contributed by atoms with van der Waals surface area (Å²) in [5.74, 6) is -0.257. The van der Waals surface area contributed by atoms with Gasteiger partial charge in [-0.05, 0) is 12.1 Å². The quantitative estimate of drug-likeness (QED) is 0.684. The van der Waals surface area contributed by atoms with Crippen LogP contribution in [0.3, 0.4) is 0 Å². The molecule has 0 radical (unpaired) electrons. The van der Waals surface area contributed by atoms with E-state index in [0.29, 0.717) is 16.5 Å². The summed E-state index contributed by atoms with van der Waals surface area (Å²) in [5, 5.41) is 0.371. The molecule has 0 atom stereocenters. The maximum atomic E-state index is 13.5. The molecule has 0 aliphatic rings. The van der Waals surface area contributed by atoms with Crippen LogP contribution in [0, 0.1) is 5.82 Å². The van der Waals surface area contributed by atoms with E-state index in [1.165, 1.54) is 12.1 Å². The van der Waals surface area contributed by atoms with Crippen molar-refractivity contribution in [3.05, 3.63) is 46.0 Å². The minimum absolute atomic E-state index is 0.138. The molecule has 0 N–H and O–H groups in total. The number of nitrogens with zero attached hydrogens (tertiary/aromatic N) is 1. The second-order valence-corrected chi connectivity index (χ2v) is 3.63. The zero-order valence-corrected chi connectivity index (χ0v) is 8.88. The van der Waals surface area contributed by atoms with Crippen molar-refractivity contribution in [2.24, 2.45) is 7.05 Å². The third-order valence-corrected chi connectivity index (χ3v) is 2.66. The molecule has 1 aromatic heterocycles. The number of aryl methyl sites for hydroxylation is 1. The fourth-order valence-corrected chi connectivity index (χ4v) is 1.87. The molecule has 1 aromatic carbocycles. The summed E-state index contributed by atoms with van der Waals surface area (Å²) >= 11 is 5.64. The Bertz CT molecular complexity index is 577. The molecule has 15 heavy (non-hydrogen) atoms. The minimum Gasteiger partial charge on any atom is -0.348 e. The van der Waals surface area contributed by atoms with Crippen LogP contribution in [0.4, 0.5) is 4.39 Å². The molecule has 0 aliphatic heterocycles. The molecule has 0 saturated heterocycles. The number of rotatable bonds is 1. The first-order chi connectivity index (χ1) is 7.15. The number of aromatic nitrogens is 1. The molecule has 2 aromatic rings. The normalized spacial score (nSPS) is 10.9. The Morgan fingerprint density at radius 3 is 2.87 bits per heavy atom. The molecular weight excluding hydrogens is 217 g/mol. The SMILES string of the molecule is Cn1cc(CCl)c(=O)c2cccc(F)c21. The van der Waals surface area contributed by atoms with Crippen LogP contribution in [-0.2, 0) is 12.9 Å². The van der Waals surface area contributed by atoms with Crippen LogP contribution in [-0.4, -0.2) is 4.57 Å². The molecule has 2 rings (SSSR count). The second-order valence-electron chi connectivity index (χ2n) is 3.36. The number of para-hydroxylation sites is 1. The largest absolute Gasteiger partial charge is 0.348 e. The van der Waals surface area contributed by atoms with Gasteiger partial charge < -0.3 is 4.57 Å². The molecule has 2 nitrogen and oxygen atoms in total. The molecule has 0 aliphatic carbocycles. The lowest BCUT2D eigenvalue weighted by atomic mass is 10.1. The fourth-order valence-electron chi connectivity index (χ4n) is 1.68. The Labute approximate surface area is 90.9 Å². The van der Waals surface area contributed by atoms with Gasteiger partial charge in [-0.3, -0.25) is 4.79 Å². The number of fused-ring (bicyclic) bond motifs is 1.